The van der Waals surface area contributed by atoms with Crippen molar-refractivity contribution in [3.63, 3.8) is 0 Å². The van der Waals surface area contributed by atoms with Crippen LogP contribution in [0.15, 0.2) is 18.2 Å². The molecule has 0 unspecified atom stereocenters. The van der Waals surface area contributed by atoms with Gasteiger partial charge in [-0.2, -0.15) is 5.26 Å². The van der Waals surface area contributed by atoms with Crippen LogP contribution >= 0.6 is 0 Å². The van der Waals surface area contributed by atoms with Crippen LogP contribution in [0.3, 0.4) is 0 Å². The molecule has 6 nitrogen and oxygen atoms in total. The lowest BCUT2D eigenvalue weighted by molar-refractivity contribution is 0.174. The molecule has 2 aromatic rings. The number of H-pyrrole nitrogens is 1. The Labute approximate surface area is 96.6 Å². The van der Waals surface area contributed by atoms with Crippen molar-refractivity contribution in [2.45, 2.75) is 0 Å². The Balaban J connectivity index is 2.07. The molecule has 0 atom stereocenters. The third kappa shape index (κ3) is 1.45. The lowest BCUT2D eigenvalue weighted by Crippen LogP contribution is -1.92. The fraction of sp³-hybridized carbons (Fsp3) is 0.0909. The molecule has 0 saturated heterocycles. The second kappa shape index (κ2) is 3.42. The maximum absolute atomic E-state index is 8.79. The number of hydrogen-bond acceptors (Lipinski definition) is 5. The van der Waals surface area contributed by atoms with Gasteiger partial charge in [-0.15, -0.1) is 0 Å². The van der Waals surface area contributed by atoms with Crippen LogP contribution in [-0.4, -0.2) is 16.8 Å². The molecule has 0 amide bonds. The number of hydrogen-bond donors (Lipinski definition) is 2. The number of nitrogen functional groups attached to an aromatic ring is 1. The molecule has 6 heteroatoms. The first-order valence-electron chi connectivity index (χ1n) is 4.93. The van der Waals surface area contributed by atoms with Gasteiger partial charge in [0.2, 0.25) is 6.79 Å². The van der Waals surface area contributed by atoms with Crippen LogP contribution in [0.4, 0.5) is 5.82 Å². The van der Waals surface area contributed by atoms with E-state index in [1.165, 1.54) is 0 Å². The number of aromatic nitrogens is 2. The predicted molar refractivity (Wildman–Crippen MR) is 59.3 cm³/mol. The molecule has 0 aliphatic carbocycles. The monoisotopic (exact) mass is 228 g/mol. The van der Waals surface area contributed by atoms with Gasteiger partial charge in [-0.05, 0) is 18.2 Å². The molecule has 0 radical (unpaired) electrons. The second-order valence-corrected chi connectivity index (χ2v) is 3.53. The van der Waals surface area contributed by atoms with Gasteiger partial charge in [-0.1, -0.05) is 0 Å². The quantitative estimate of drug-likeness (QED) is 0.765. The molecule has 1 aliphatic heterocycles. The van der Waals surface area contributed by atoms with Crippen molar-refractivity contribution in [2.24, 2.45) is 0 Å². The van der Waals surface area contributed by atoms with E-state index >= 15 is 0 Å². The van der Waals surface area contributed by atoms with Gasteiger partial charge in [-0.3, -0.25) is 0 Å². The molecule has 0 saturated carbocycles. The molecule has 0 spiro atoms. The fourth-order valence-electron chi connectivity index (χ4n) is 1.65. The zero-order valence-electron chi connectivity index (χ0n) is 8.73. The highest BCUT2D eigenvalue weighted by atomic mass is 16.7. The SMILES string of the molecule is N#Cc1[nH]c(-c2ccc3c(c2)OCO3)nc1N. The average Bonchev–Trinajstić information content (AvgIpc) is 2.93. The van der Waals surface area contributed by atoms with Crippen LogP contribution in [0.1, 0.15) is 5.69 Å². The van der Waals surface area contributed by atoms with Crippen LogP contribution in [0, 0.1) is 11.3 Å². The van der Waals surface area contributed by atoms with E-state index in [1.54, 1.807) is 12.1 Å². The van der Waals surface area contributed by atoms with Crippen LogP contribution in [0.5, 0.6) is 11.5 Å². The van der Waals surface area contributed by atoms with E-state index in [0.29, 0.717) is 17.3 Å². The average molecular weight is 228 g/mol. The third-order valence-corrected chi connectivity index (χ3v) is 2.49. The van der Waals surface area contributed by atoms with Gasteiger partial charge in [0.15, 0.2) is 23.0 Å². The number of rotatable bonds is 1. The van der Waals surface area contributed by atoms with Crippen LogP contribution in [-0.2, 0) is 0 Å². The molecule has 84 valence electrons. The lowest BCUT2D eigenvalue weighted by atomic mass is 10.2. The predicted octanol–water partition coefficient (Wildman–Crippen LogP) is 1.26. The van der Waals surface area contributed by atoms with Gasteiger partial charge >= 0.3 is 0 Å². The van der Waals surface area contributed by atoms with Crippen LogP contribution < -0.4 is 15.2 Å². The number of nitrogens with zero attached hydrogens (tertiary/aromatic N) is 2. The first-order chi connectivity index (χ1) is 8.28. The number of nitrogens with two attached hydrogens (primary N) is 1. The number of nitriles is 1. The molecule has 1 aromatic carbocycles. The van der Waals surface area contributed by atoms with Crippen molar-refractivity contribution >= 4 is 5.82 Å². The maximum Gasteiger partial charge on any atom is 0.231 e. The van der Waals surface area contributed by atoms with Gasteiger partial charge in [0, 0.05) is 5.56 Å². The van der Waals surface area contributed by atoms with E-state index in [4.69, 9.17) is 20.5 Å². The number of fused-ring (bicyclic) bond motifs is 1. The number of benzene rings is 1. The molecular formula is C11H8N4O2. The normalized spacial score (nSPS) is 12.4. The highest BCUT2D eigenvalue weighted by Gasteiger charge is 2.16. The highest BCUT2D eigenvalue weighted by Crippen LogP contribution is 2.35. The topological polar surface area (TPSA) is 97.0 Å². The summed E-state index contributed by atoms with van der Waals surface area (Å²) in [5.74, 6) is 2.10. The molecule has 2 heterocycles. The van der Waals surface area contributed by atoms with Crippen molar-refractivity contribution in [1.82, 2.24) is 9.97 Å². The number of ether oxygens (including phenoxy) is 2. The Bertz CT molecular complexity index is 627. The number of nitrogens with one attached hydrogen (secondary N) is 1. The van der Waals surface area contributed by atoms with E-state index in [9.17, 15) is 0 Å². The van der Waals surface area contributed by atoms with Crippen molar-refractivity contribution in [3.8, 4) is 29.0 Å². The number of anilines is 1. The minimum absolute atomic E-state index is 0.195. The third-order valence-electron chi connectivity index (χ3n) is 2.49. The smallest absolute Gasteiger partial charge is 0.231 e. The lowest BCUT2D eigenvalue weighted by Gasteiger charge is -1.99. The maximum atomic E-state index is 8.79. The Morgan fingerprint density at radius 1 is 1.35 bits per heavy atom. The molecule has 3 N–H and O–H groups in total. The summed E-state index contributed by atoms with van der Waals surface area (Å²) < 4.78 is 10.5. The molecule has 17 heavy (non-hydrogen) atoms. The van der Waals surface area contributed by atoms with Crippen molar-refractivity contribution in [1.29, 1.82) is 5.26 Å². The second-order valence-electron chi connectivity index (χ2n) is 3.53. The summed E-state index contributed by atoms with van der Waals surface area (Å²) >= 11 is 0. The molecule has 1 aromatic heterocycles. The largest absolute Gasteiger partial charge is 0.454 e. The standard InChI is InChI=1S/C11H8N4O2/c12-4-7-10(13)15-11(14-7)6-1-2-8-9(3-6)17-5-16-8/h1-3H,5,13H2,(H,14,15). The van der Waals surface area contributed by atoms with Gasteiger partial charge in [0.25, 0.3) is 0 Å². The summed E-state index contributed by atoms with van der Waals surface area (Å²) in [7, 11) is 0. The summed E-state index contributed by atoms with van der Waals surface area (Å²) in [4.78, 5) is 6.93. The molecular weight excluding hydrogens is 220 g/mol. The van der Waals surface area contributed by atoms with Gasteiger partial charge in [0.05, 0.1) is 0 Å². The Morgan fingerprint density at radius 2 is 2.18 bits per heavy atom. The first kappa shape index (κ1) is 9.54. The van der Waals surface area contributed by atoms with Crippen LogP contribution in [0.25, 0.3) is 11.4 Å². The Morgan fingerprint density at radius 3 is 2.94 bits per heavy atom. The van der Waals surface area contributed by atoms with Gasteiger partial charge < -0.3 is 20.2 Å². The summed E-state index contributed by atoms with van der Waals surface area (Å²) in [6.45, 7) is 0.225. The van der Waals surface area contributed by atoms with Crippen molar-refractivity contribution in [3.05, 3.63) is 23.9 Å². The van der Waals surface area contributed by atoms with E-state index in [0.717, 1.165) is 5.56 Å². The summed E-state index contributed by atoms with van der Waals surface area (Å²) in [6, 6.07) is 7.35. The number of imidazole rings is 1. The van der Waals surface area contributed by atoms with Gasteiger partial charge in [0.1, 0.15) is 11.9 Å². The molecule has 1 aliphatic rings. The van der Waals surface area contributed by atoms with E-state index in [-0.39, 0.29) is 18.3 Å². The van der Waals surface area contributed by atoms with E-state index < -0.39 is 0 Å². The van der Waals surface area contributed by atoms with Crippen molar-refractivity contribution in [2.75, 3.05) is 12.5 Å². The zero-order chi connectivity index (χ0) is 11.8. The first-order valence-corrected chi connectivity index (χ1v) is 4.93. The summed E-state index contributed by atoms with van der Waals surface area (Å²) in [5.41, 5.74) is 6.64. The minimum Gasteiger partial charge on any atom is -0.454 e. The molecule has 0 fully saturated rings. The minimum atomic E-state index is 0.195. The Kier molecular flexibility index (Phi) is 1.92. The zero-order valence-corrected chi connectivity index (χ0v) is 8.73. The summed E-state index contributed by atoms with van der Waals surface area (Å²) in [6.07, 6.45) is 0. The van der Waals surface area contributed by atoms with Crippen molar-refractivity contribution < 1.29 is 9.47 Å². The van der Waals surface area contributed by atoms with E-state index in [2.05, 4.69) is 9.97 Å². The van der Waals surface area contributed by atoms with E-state index in [1.807, 2.05) is 12.1 Å². The molecule has 0 bridgehead atoms. The fourth-order valence-corrected chi connectivity index (χ4v) is 1.65. The summed E-state index contributed by atoms with van der Waals surface area (Å²) in [5, 5.41) is 8.79. The molecule has 3 rings (SSSR count). The number of aromatic amines is 1. The van der Waals surface area contributed by atoms with Crippen LogP contribution in [0.2, 0.25) is 0 Å². The highest BCUT2D eigenvalue weighted by molar-refractivity contribution is 5.65. The van der Waals surface area contributed by atoms with Gasteiger partial charge in [-0.25, -0.2) is 4.98 Å². The Hall–Kier alpha value is -2.68.